The highest BCUT2D eigenvalue weighted by Crippen LogP contribution is 2.28. The summed E-state index contributed by atoms with van der Waals surface area (Å²) in [6.07, 6.45) is 0.672. The molecule has 1 rings (SSSR count). The van der Waals surface area contributed by atoms with Gasteiger partial charge in [0.1, 0.15) is 0 Å². The van der Waals surface area contributed by atoms with E-state index in [1.165, 1.54) is 0 Å². The third kappa shape index (κ3) is 2.97. The number of primary amides is 1. The predicted octanol–water partition coefficient (Wildman–Crippen LogP) is -0.469. The van der Waals surface area contributed by atoms with Crippen molar-refractivity contribution in [1.29, 1.82) is 0 Å². The Bertz CT molecular complexity index is 195. The number of amides is 1. The van der Waals surface area contributed by atoms with Gasteiger partial charge in [-0.2, -0.15) is 0 Å². The molecule has 76 valence electrons. The maximum absolute atomic E-state index is 10.6. The second-order valence-electron chi connectivity index (χ2n) is 4.67. The fourth-order valence-electron chi connectivity index (χ4n) is 1.79. The van der Waals surface area contributed by atoms with Crippen LogP contribution in [0.1, 0.15) is 20.3 Å². The zero-order chi connectivity index (χ0) is 10.1. The van der Waals surface area contributed by atoms with Crippen LogP contribution >= 0.6 is 0 Å². The third-order valence-corrected chi connectivity index (χ3v) is 2.43. The quantitative estimate of drug-likeness (QED) is 0.622. The number of carbonyl (C=O) groups is 1. The summed E-state index contributed by atoms with van der Waals surface area (Å²) in [5.41, 5.74) is 11.0. The van der Waals surface area contributed by atoms with Crippen molar-refractivity contribution in [3.63, 3.8) is 0 Å². The number of nitrogens with two attached hydrogens (primary N) is 2. The molecule has 13 heavy (non-hydrogen) atoms. The molecule has 0 aliphatic carbocycles. The molecule has 0 aromatic carbocycles. The zero-order valence-electron chi connectivity index (χ0n) is 8.42. The first-order valence-corrected chi connectivity index (χ1v) is 4.68. The molecule has 0 bridgehead atoms. The molecule has 1 amide bonds. The van der Waals surface area contributed by atoms with Crippen molar-refractivity contribution in [1.82, 2.24) is 4.90 Å². The monoisotopic (exact) mass is 185 g/mol. The van der Waals surface area contributed by atoms with Gasteiger partial charge in [0, 0.05) is 19.6 Å². The van der Waals surface area contributed by atoms with Gasteiger partial charge in [0.05, 0.1) is 6.04 Å². The summed E-state index contributed by atoms with van der Waals surface area (Å²) in [4.78, 5) is 12.9. The van der Waals surface area contributed by atoms with Gasteiger partial charge in [-0.05, 0) is 11.8 Å². The van der Waals surface area contributed by atoms with Crippen molar-refractivity contribution in [2.24, 2.45) is 16.9 Å². The summed E-state index contributed by atoms with van der Waals surface area (Å²) >= 11 is 0. The van der Waals surface area contributed by atoms with Crippen LogP contribution in [0.4, 0.5) is 0 Å². The van der Waals surface area contributed by atoms with E-state index in [0.29, 0.717) is 11.8 Å². The Balaban J connectivity index is 2.12. The minimum atomic E-state index is -0.483. The molecular formula is C9H19N3O. The first-order chi connectivity index (χ1) is 5.91. The Labute approximate surface area is 79.3 Å². The Hall–Kier alpha value is -0.610. The molecule has 1 atom stereocenters. The standard InChI is InChI=1S/C9H19N3O/c1-9(2)5-12(6-9)4-3-7(10)8(11)13/h7H,3-6,10H2,1-2H3,(H2,11,13). The zero-order valence-corrected chi connectivity index (χ0v) is 8.42. The second kappa shape index (κ2) is 3.64. The van der Waals surface area contributed by atoms with Crippen LogP contribution in [-0.4, -0.2) is 36.5 Å². The lowest BCUT2D eigenvalue weighted by molar-refractivity contribution is -0.119. The molecule has 1 fully saturated rings. The van der Waals surface area contributed by atoms with Gasteiger partial charge in [-0.1, -0.05) is 13.8 Å². The van der Waals surface area contributed by atoms with E-state index in [-0.39, 0.29) is 0 Å². The number of hydrogen-bond donors (Lipinski definition) is 2. The van der Waals surface area contributed by atoms with Crippen LogP contribution in [0.15, 0.2) is 0 Å². The number of rotatable bonds is 4. The molecule has 0 radical (unpaired) electrons. The fourth-order valence-corrected chi connectivity index (χ4v) is 1.79. The van der Waals surface area contributed by atoms with Crippen molar-refractivity contribution >= 4 is 5.91 Å². The molecule has 4 heteroatoms. The highest BCUT2D eigenvalue weighted by Gasteiger charge is 2.33. The van der Waals surface area contributed by atoms with Gasteiger partial charge < -0.3 is 16.4 Å². The molecule has 1 saturated heterocycles. The predicted molar refractivity (Wildman–Crippen MR) is 52.0 cm³/mol. The van der Waals surface area contributed by atoms with Gasteiger partial charge in [0.25, 0.3) is 0 Å². The van der Waals surface area contributed by atoms with Gasteiger partial charge in [-0.15, -0.1) is 0 Å². The van der Waals surface area contributed by atoms with Gasteiger partial charge in [0.15, 0.2) is 0 Å². The summed E-state index contributed by atoms with van der Waals surface area (Å²) in [6, 6.07) is -0.483. The highest BCUT2D eigenvalue weighted by atomic mass is 16.1. The molecule has 0 saturated carbocycles. The molecule has 1 unspecified atom stereocenters. The van der Waals surface area contributed by atoms with Crippen LogP contribution in [0, 0.1) is 5.41 Å². The second-order valence-corrected chi connectivity index (χ2v) is 4.67. The number of nitrogens with zero attached hydrogens (tertiary/aromatic N) is 1. The Kier molecular flexibility index (Phi) is 2.93. The van der Waals surface area contributed by atoms with Crippen molar-refractivity contribution in [3.05, 3.63) is 0 Å². The first kappa shape index (κ1) is 10.5. The van der Waals surface area contributed by atoms with Gasteiger partial charge in [-0.3, -0.25) is 4.79 Å². The molecule has 4 nitrogen and oxygen atoms in total. The van der Waals surface area contributed by atoms with Crippen LogP contribution in [0.5, 0.6) is 0 Å². The average Bonchev–Trinajstić information content (AvgIpc) is 1.95. The first-order valence-electron chi connectivity index (χ1n) is 4.68. The average molecular weight is 185 g/mol. The molecule has 1 heterocycles. The molecule has 0 aromatic heterocycles. The highest BCUT2D eigenvalue weighted by molar-refractivity contribution is 5.79. The number of likely N-dealkylation sites (tertiary alicyclic amines) is 1. The third-order valence-electron chi connectivity index (χ3n) is 2.43. The summed E-state index contributed by atoms with van der Waals surface area (Å²) in [7, 11) is 0. The maximum Gasteiger partial charge on any atom is 0.234 e. The largest absolute Gasteiger partial charge is 0.368 e. The Morgan fingerprint density at radius 3 is 2.46 bits per heavy atom. The summed E-state index contributed by atoms with van der Waals surface area (Å²) in [5, 5.41) is 0. The van der Waals surface area contributed by atoms with E-state index in [9.17, 15) is 4.79 Å². The van der Waals surface area contributed by atoms with Crippen LogP contribution in [0.25, 0.3) is 0 Å². The number of hydrogen-bond acceptors (Lipinski definition) is 3. The lowest BCUT2D eigenvalue weighted by Gasteiger charge is -2.46. The minimum absolute atomic E-state index is 0.403. The van der Waals surface area contributed by atoms with Gasteiger partial charge in [0.2, 0.25) is 5.91 Å². The van der Waals surface area contributed by atoms with Crippen molar-refractivity contribution < 1.29 is 4.79 Å². The summed E-state index contributed by atoms with van der Waals surface area (Å²) in [5.74, 6) is -0.403. The van der Waals surface area contributed by atoms with E-state index in [1.54, 1.807) is 0 Å². The molecule has 0 aromatic rings. The molecule has 0 spiro atoms. The molecule has 4 N–H and O–H groups in total. The van der Waals surface area contributed by atoms with Gasteiger partial charge in [-0.25, -0.2) is 0 Å². The van der Waals surface area contributed by atoms with E-state index in [2.05, 4.69) is 18.7 Å². The van der Waals surface area contributed by atoms with E-state index < -0.39 is 11.9 Å². The number of carbonyl (C=O) groups excluding carboxylic acids is 1. The fraction of sp³-hybridized carbons (Fsp3) is 0.889. The molecular weight excluding hydrogens is 166 g/mol. The van der Waals surface area contributed by atoms with Crippen LogP contribution in [0.3, 0.4) is 0 Å². The summed E-state index contributed by atoms with van der Waals surface area (Å²) in [6.45, 7) is 7.54. The summed E-state index contributed by atoms with van der Waals surface area (Å²) < 4.78 is 0. The van der Waals surface area contributed by atoms with Crippen molar-refractivity contribution in [2.45, 2.75) is 26.3 Å². The van der Waals surface area contributed by atoms with E-state index in [4.69, 9.17) is 11.5 Å². The SMILES string of the molecule is CC1(C)CN(CCC(N)C(N)=O)C1. The van der Waals surface area contributed by atoms with Crippen molar-refractivity contribution in [2.75, 3.05) is 19.6 Å². The van der Waals surface area contributed by atoms with Gasteiger partial charge >= 0.3 is 0 Å². The lowest BCUT2D eigenvalue weighted by Crippen LogP contribution is -2.54. The van der Waals surface area contributed by atoms with Crippen LogP contribution in [-0.2, 0) is 4.79 Å². The topological polar surface area (TPSA) is 72.3 Å². The minimum Gasteiger partial charge on any atom is -0.368 e. The van der Waals surface area contributed by atoms with E-state index in [1.807, 2.05) is 0 Å². The van der Waals surface area contributed by atoms with E-state index in [0.717, 1.165) is 19.6 Å². The smallest absolute Gasteiger partial charge is 0.234 e. The molecule has 1 aliphatic rings. The maximum atomic E-state index is 10.6. The van der Waals surface area contributed by atoms with Crippen LogP contribution < -0.4 is 11.5 Å². The molecule has 1 aliphatic heterocycles. The van der Waals surface area contributed by atoms with Crippen LogP contribution in [0.2, 0.25) is 0 Å². The Morgan fingerprint density at radius 2 is 2.08 bits per heavy atom. The Morgan fingerprint density at radius 1 is 1.54 bits per heavy atom. The lowest BCUT2D eigenvalue weighted by atomic mass is 9.84. The van der Waals surface area contributed by atoms with E-state index >= 15 is 0 Å². The van der Waals surface area contributed by atoms with Crippen molar-refractivity contribution in [3.8, 4) is 0 Å². The normalized spacial score (nSPS) is 23.6.